The number of nitrogens with one attached hydrogen (secondary N) is 1. The van der Waals surface area contributed by atoms with Crippen LogP contribution in [-0.4, -0.2) is 50.6 Å². The van der Waals surface area contributed by atoms with E-state index in [1.54, 1.807) is 0 Å². The highest BCUT2D eigenvalue weighted by Gasteiger charge is 2.28. The van der Waals surface area contributed by atoms with E-state index in [2.05, 4.69) is 46.0 Å². The summed E-state index contributed by atoms with van der Waals surface area (Å²) in [6.45, 7) is 15.3. The standard InChI is InChI=1S/C24H29ClN6/c1-16-23(25)18(3)31-24(27-16)21-14-30(15-22(21)28-31)17(2)20-8-5-4-7-19(20)13-29-11-6-9-26-10-12-29/h4-5,7-8,26H,2,6,9-15H2,1,3H3. The fourth-order valence-electron chi connectivity index (χ4n) is 4.71. The lowest BCUT2D eigenvalue weighted by atomic mass is 10.0. The van der Waals surface area contributed by atoms with Crippen LogP contribution in [0.2, 0.25) is 5.02 Å². The van der Waals surface area contributed by atoms with Crippen LogP contribution in [0.4, 0.5) is 0 Å². The van der Waals surface area contributed by atoms with Crippen LogP contribution >= 0.6 is 11.6 Å². The molecule has 162 valence electrons. The molecule has 0 bridgehead atoms. The maximum Gasteiger partial charge on any atom is 0.160 e. The molecular formula is C24H29ClN6. The van der Waals surface area contributed by atoms with Gasteiger partial charge in [-0.05, 0) is 38.9 Å². The first-order valence-electron chi connectivity index (χ1n) is 11.0. The van der Waals surface area contributed by atoms with Crippen LogP contribution in [0.15, 0.2) is 30.8 Å². The molecule has 0 radical (unpaired) electrons. The summed E-state index contributed by atoms with van der Waals surface area (Å²) in [6, 6.07) is 8.67. The molecule has 5 rings (SSSR count). The minimum atomic E-state index is 0.688. The predicted molar refractivity (Wildman–Crippen MR) is 125 cm³/mol. The Morgan fingerprint density at radius 3 is 2.87 bits per heavy atom. The van der Waals surface area contributed by atoms with Gasteiger partial charge < -0.3 is 10.2 Å². The van der Waals surface area contributed by atoms with Crippen molar-refractivity contribution in [3.05, 3.63) is 69.6 Å². The van der Waals surface area contributed by atoms with E-state index in [4.69, 9.17) is 21.7 Å². The average molecular weight is 437 g/mol. The zero-order chi connectivity index (χ0) is 21.5. The van der Waals surface area contributed by atoms with Gasteiger partial charge in [0.05, 0.1) is 28.6 Å². The maximum absolute atomic E-state index is 6.39. The Bertz CT molecular complexity index is 1140. The van der Waals surface area contributed by atoms with Crippen molar-refractivity contribution < 1.29 is 0 Å². The Balaban J connectivity index is 1.40. The summed E-state index contributed by atoms with van der Waals surface area (Å²) in [5.74, 6) is 0. The molecule has 1 N–H and O–H groups in total. The fraction of sp³-hybridized carbons (Fsp3) is 0.417. The maximum atomic E-state index is 6.39. The third-order valence-corrected chi connectivity index (χ3v) is 7.04. The second kappa shape index (κ2) is 8.26. The molecule has 2 aromatic heterocycles. The molecule has 0 atom stereocenters. The summed E-state index contributed by atoms with van der Waals surface area (Å²) in [7, 11) is 0. The molecular weight excluding hydrogens is 408 g/mol. The zero-order valence-electron chi connectivity index (χ0n) is 18.3. The lowest BCUT2D eigenvalue weighted by molar-refractivity contribution is 0.284. The van der Waals surface area contributed by atoms with E-state index < -0.39 is 0 Å². The first-order valence-corrected chi connectivity index (χ1v) is 11.4. The van der Waals surface area contributed by atoms with Crippen molar-refractivity contribution in [1.82, 2.24) is 29.7 Å². The van der Waals surface area contributed by atoms with Crippen molar-refractivity contribution in [2.75, 3.05) is 26.2 Å². The number of hydrogen-bond acceptors (Lipinski definition) is 5. The largest absolute Gasteiger partial charge is 0.361 e. The number of aromatic nitrogens is 3. The molecule has 1 fully saturated rings. The molecule has 0 spiro atoms. The second-order valence-electron chi connectivity index (χ2n) is 8.60. The molecule has 0 saturated carbocycles. The Morgan fingerprint density at radius 1 is 1.16 bits per heavy atom. The van der Waals surface area contributed by atoms with Crippen molar-refractivity contribution in [3.63, 3.8) is 0 Å². The number of rotatable bonds is 4. The highest BCUT2D eigenvalue weighted by Crippen LogP contribution is 2.34. The molecule has 4 heterocycles. The molecule has 3 aromatic rings. The molecule has 31 heavy (non-hydrogen) atoms. The van der Waals surface area contributed by atoms with E-state index in [1.165, 1.54) is 23.1 Å². The van der Waals surface area contributed by atoms with E-state index in [-0.39, 0.29) is 0 Å². The summed E-state index contributed by atoms with van der Waals surface area (Å²) in [4.78, 5) is 9.60. The zero-order valence-corrected chi connectivity index (χ0v) is 19.0. The monoisotopic (exact) mass is 436 g/mol. The van der Waals surface area contributed by atoms with Crippen LogP contribution in [-0.2, 0) is 19.6 Å². The lowest BCUT2D eigenvalue weighted by Gasteiger charge is -2.26. The molecule has 1 saturated heterocycles. The Hall–Kier alpha value is -2.41. The number of aryl methyl sites for hydroxylation is 2. The molecule has 0 unspecified atom stereocenters. The second-order valence-corrected chi connectivity index (χ2v) is 8.97. The van der Waals surface area contributed by atoms with Gasteiger partial charge in [-0.2, -0.15) is 5.10 Å². The van der Waals surface area contributed by atoms with Crippen molar-refractivity contribution in [2.45, 2.75) is 39.9 Å². The molecule has 6 nitrogen and oxygen atoms in total. The summed E-state index contributed by atoms with van der Waals surface area (Å²) < 4.78 is 1.89. The topological polar surface area (TPSA) is 48.7 Å². The van der Waals surface area contributed by atoms with Crippen LogP contribution < -0.4 is 5.32 Å². The number of benzene rings is 1. The smallest absolute Gasteiger partial charge is 0.160 e. The van der Waals surface area contributed by atoms with Crippen LogP contribution in [0.5, 0.6) is 0 Å². The van der Waals surface area contributed by atoms with E-state index in [0.29, 0.717) is 5.02 Å². The quantitative estimate of drug-likeness (QED) is 0.674. The number of fused-ring (bicyclic) bond motifs is 3. The van der Waals surface area contributed by atoms with E-state index in [9.17, 15) is 0 Å². The molecule has 2 aliphatic heterocycles. The van der Waals surface area contributed by atoms with Crippen LogP contribution in [0, 0.1) is 13.8 Å². The summed E-state index contributed by atoms with van der Waals surface area (Å²) in [5.41, 5.74) is 8.58. The van der Waals surface area contributed by atoms with Crippen molar-refractivity contribution in [1.29, 1.82) is 0 Å². The minimum absolute atomic E-state index is 0.688. The van der Waals surface area contributed by atoms with E-state index in [1.807, 2.05) is 18.4 Å². The molecule has 0 amide bonds. The highest BCUT2D eigenvalue weighted by molar-refractivity contribution is 6.31. The first-order chi connectivity index (χ1) is 15.0. The molecule has 7 heteroatoms. The van der Waals surface area contributed by atoms with Gasteiger partial charge in [0.25, 0.3) is 0 Å². The Kier molecular flexibility index (Phi) is 5.46. The van der Waals surface area contributed by atoms with Gasteiger partial charge in [0, 0.05) is 43.0 Å². The number of halogens is 1. The summed E-state index contributed by atoms with van der Waals surface area (Å²) in [5, 5.41) is 8.99. The number of nitrogens with zero attached hydrogens (tertiary/aromatic N) is 5. The van der Waals surface area contributed by atoms with Gasteiger partial charge in [0.1, 0.15) is 0 Å². The van der Waals surface area contributed by atoms with Crippen LogP contribution in [0.3, 0.4) is 0 Å². The average Bonchev–Trinajstić information content (AvgIpc) is 3.22. The van der Waals surface area contributed by atoms with Crippen molar-refractivity contribution in [3.8, 4) is 0 Å². The minimum Gasteiger partial charge on any atom is -0.361 e. The molecule has 2 aliphatic rings. The van der Waals surface area contributed by atoms with Gasteiger partial charge in [-0.1, -0.05) is 42.4 Å². The van der Waals surface area contributed by atoms with Crippen molar-refractivity contribution >= 4 is 22.9 Å². The van der Waals surface area contributed by atoms with Gasteiger partial charge in [-0.3, -0.25) is 4.90 Å². The van der Waals surface area contributed by atoms with Crippen molar-refractivity contribution in [2.24, 2.45) is 0 Å². The number of hydrogen-bond donors (Lipinski definition) is 1. The highest BCUT2D eigenvalue weighted by atomic mass is 35.5. The molecule has 0 aliphatic carbocycles. The molecule has 1 aromatic carbocycles. The Morgan fingerprint density at radius 2 is 2.00 bits per heavy atom. The van der Waals surface area contributed by atoms with Crippen LogP contribution in [0.25, 0.3) is 11.3 Å². The van der Waals surface area contributed by atoms with Gasteiger partial charge in [-0.25, -0.2) is 9.50 Å². The SMILES string of the molecule is C=C(c1ccccc1CN1CCCNCC1)N1Cc2nn3c(C)c(Cl)c(C)nc3c2C1. The Labute approximate surface area is 188 Å². The van der Waals surface area contributed by atoms with Gasteiger partial charge in [-0.15, -0.1) is 0 Å². The predicted octanol–water partition coefficient (Wildman–Crippen LogP) is 3.78. The third kappa shape index (κ3) is 3.73. The lowest BCUT2D eigenvalue weighted by Crippen LogP contribution is -2.28. The fourth-order valence-corrected chi connectivity index (χ4v) is 4.84. The summed E-state index contributed by atoms with van der Waals surface area (Å²) >= 11 is 6.39. The van der Waals surface area contributed by atoms with Gasteiger partial charge in [0.2, 0.25) is 0 Å². The third-order valence-electron chi connectivity index (χ3n) is 6.49. The van der Waals surface area contributed by atoms with E-state index >= 15 is 0 Å². The van der Waals surface area contributed by atoms with Gasteiger partial charge in [0.15, 0.2) is 5.65 Å². The normalized spacial score (nSPS) is 17.2. The van der Waals surface area contributed by atoms with Crippen LogP contribution in [0.1, 0.15) is 40.2 Å². The summed E-state index contributed by atoms with van der Waals surface area (Å²) in [6.07, 6.45) is 1.19. The van der Waals surface area contributed by atoms with Gasteiger partial charge >= 0.3 is 0 Å². The van der Waals surface area contributed by atoms with E-state index in [0.717, 1.165) is 74.2 Å². The first kappa shape index (κ1) is 20.5.